The highest BCUT2D eigenvalue weighted by atomic mass is 32.2. The minimum Gasteiger partial charge on any atom is -0.394 e. The molecule has 1 heterocycles. The Kier molecular flexibility index (Phi) is 6.56. The van der Waals surface area contributed by atoms with Crippen molar-refractivity contribution in [1.29, 1.82) is 0 Å². The fourth-order valence-corrected chi connectivity index (χ4v) is 4.27. The van der Waals surface area contributed by atoms with Crippen molar-refractivity contribution in [1.82, 2.24) is 4.31 Å². The van der Waals surface area contributed by atoms with Gasteiger partial charge in [-0.15, -0.1) is 0 Å². The van der Waals surface area contributed by atoms with Crippen LogP contribution in [-0.4, -0.2) is 61.2 Å². The lowest BCUT2D eigenvalue weighted by atomic mass is 9.93. The number of sulfonamides is 1. The fourth-order valence-electron chi connectivity index (χ4n) is 2.84. The number of aliphatic hydroxyl groups is 1. The fraction of sp³-hybridized carbons (Fsp3) is 0.625. The monoisotopic (exact) mass is 387 g/mol. The molecular formula is C16H25N3O6S. The van der Waals surface area contributed by atoms with E-state index < -0.39 is 20.5 Å². The molecule has 1 aromatic carbocycles. The zero-order chi connectivity index (χ0) is 19.4. The summed E-state index contributed by atoms with van der Waals surface area (Å²) < 4.78 is 31.8. The van der Waals surface area contributed by atoms with E-state index >= 15 is 0 Å². The molecule has 0 bridgehead atoms. The Balaban J connectivity index is 2.41. The lowest BCUT2D eigenvalue weighted by Crippen LogP contribution is -2.41. The third kappa shape index (κ3) is 4.14. The molecule has 1 saturated heterocycles. The molecule has 2 rings (SSSR count). The van der Waals surface area contributed by atoms with E-state index in [0.717, 1.165) is 6.07 Å². The maximum Gasteiger partial charge on any atom is 0.293 e. The molecule has 0 atom stereocenters. The third-order valence-corrected chi connectivity index (χ3v) is 6.72. The smallest absolute Gasteiger partial charge is 0.293 e. The molecule has 0 unspecified atom stereocenters. The van der Waals surface area contributed by atoms with Crippen molar-refractivity contribution in [3.8, 4) is 0 Å². The summed E-state index contributed by atoms with van der Waals surface area (Å²) in [4.78, 5) is 10.8. The lowest BCUT2D eigenvalue weighted by Gasteiger charge is -2.32. The molecule has 0 spiro atoms. The summed E-state index contributed by atoms with van der Waals surface area (Å²) in [6, 6.07) is 3.81. The van der Waals surface area contributed by atoms with Gasteiger partial charge in [0.2, 0.25) is 10.0 Å². The van der Waals surface area contributed by atoms with Crippen molar-refractivity contribution in [3.05, 3.63) is 28.3 Å². The quantitative estimate of drug-likeness (QED) is 0.513. The van der Waals surface area contributed by atoms with Crippen LogP contribution in [0.15, 0.2) is 23.1 Å². The molecule has 9 nitrogen and oxygen atoms in total. The van der Waals surface area contributed by atoms with Crippen molar-refractivity contribution in [2.24, 2.45) is 0 Å². The molecule has 0 aromatic heterocycles. The summed E-state index contributed by atoms with van der Waals surface area (Å²) in [7, 11) is -3.82. The molecule has 0 saturated carbocycles. The third-order valence-electron chi connectivity index (χ3n) is 4.83. The van der Waals surface area contributed by atoms with Gasteiger partial charge in [-0.05, 0) is 25.0 Å². The predicted molar refractivity (Wildman–Crippen MR) is 96.7 cm³/mol. The summed E-state index contributed by atoms with van der Waals surface area (Å²) in [6.45, 7) is 4.58. The number of hydrogen-bond donors (Lipinski definition) is 2. The number of anilines is 1. The number of rotatable bonds is 8. The number of benzene rings is 1. The van der Waals surface area contributed by atoms with Crippen LogP contribution in [0.25, 0.3) is 0 Å². The van der Waals surface area contributed by atoms with Crippen LogP contribution < -0.4 is 5.32 Å². The van der Waals surface area contributed by atoms with Gasteiger partial charge >= 0.3 is 0 Å². The van der Waals surface area contributed by atoms with E-state index in [1.807, 2.05) is 13.8 Å². The molecule has 0 aliphatic carbocycles. The summed E-state index contributed by atoms with van der Waals surface area (Å²) in [5, 5.41) is 24.2. The van der Waals surface area contributed by atoms with E-state index in [9.17, 15) is 23.6 Å². The number of nitro groups is 1. The normalized spacial score (nSPS) is 16.4. The van der Waals surface area contributed by atoms with Gasteiger partial charge in [-0.1, -0.05) is 13.8 Å². The summed E-state index contributed by atoms with van der Waals surface area (Å²) in [6.07, 6.45) is 1.12. The van der Waals surface area contributed by atoms with E-state index in [0.29, 0.717) is 26.1 Å². The topological polar surface area (TPSA) is 122 Å². The number of nitrogens with one attached hydrogen (secondary N) is 1. The second kappa shape index (κ2) is 8.30. The van der Waals surface area contributed by atoms with Gasteiger partial charge in [-0.25, -0.2) is 8.42 Å². The number of morpholine rings is 1. The molecule has 0 amide bonds. The summed E-state index contributed by atoms with van der Waals surface area (Å²) in [5.74, 6) is 0. The maximum atomic E-state index is 12.7. The second-order valence-electron chi connectivity index (χ2n) is 6.22. The van der Waals surface area contributed by atoms with Crippen LogP contribution in [0.3, 0.4) is 0 Å². The molecular weight excluding hydrogens is 362 g/mol. The standard InChI is InChI=1S/C16H25N3O6S/c1-3-16(4-2,12-20)17-14-6-5-13(11-15(14)19(21)22)26(23,24)18-7-9-25-10-8-18/h5-6,11,17,20H,3-4,7-10,12H2,1-2H3. The van der Waals surface area contributed by atoms with Gasteiger partial charge in [0.05, 0.1) is 35.2 Å². The van der Waals surface area contributed by atoms with Gasteiger partial charge < -0.3 is 15.2 Å². The zero-order valence-electron chi connectivity index (χ0n) is 15.0. The van der Waals surface area contributed by atoms with Gasteiger partial charge in [0.15, 0.2) is 0 Å². The first-order valence-corrected chi connectivity index (χ1v) is 9.99. The first-order valence-electron chi connectivity index (χ1n) is 8.55. The second-order valence-corrected chi connectivity index (χ2v) is 8.16. The predicted octanol–water partition coefficient (Wildman–Crippen LogP) is 1.58. The van der Waals surface area contributed by atoms with E-state index in [2.05, 4.69) is 5.32 Å². The van der Waals surface area contributed by atoms with E-state index in [-0.39, 0.29) is 36.0 Å². The van der Waals surface area contributed by atoms with Crippen molar-refractivity contribution >= 4 is 21.4 Å². The van der Waals surface area contributed by atoms with Gasteiger partial charge in [0.25, 0.3) is 5.69 Å². The minimum atomic E-state index is -3.82. The molecule has 1 fully saturated rings. The van der Waals surface area contributed by atoms with E-state index in [1.54, 1.807) is 0 Å². The highest BCUT2D eigenvalue weighted by Gasteiger charge is 2.31. The van der Waals surface area contributed by atoms with Crippen molar-refractivity contribution in [3.63, 3.8) is 0 Å². The Morgan fingerprint density at radius 1 is 1.31 bits per heavy atom. The van der Waals surface area contributed by atoms with Crippen molar-refractivity contribution < 1.29 is 23.2 Å². The Morgan fingerprint density at radius 2 is 1.92 bits per heavy atom. The largest absolute Gasteiger partial charge is 0.394 e. The molecule has 10 heteroatoms. The summed E-state index contributed by atoms with van der Waals surface area (Å²) >= 11 is 0. The maximum absolute atomic E-state index is 12.7. The first kappa shape index (κ1) is 20.6. The Morgan fingerprint density at radius 3 is 2.42 bits per heavy atom. The Bertz CT molecular complexity index is 734. The number of aliphatic hydroxyl groups excluding tert-OH is 1. The van der Waals surface area contributed by atoms with Crippen LogP contribution >= 0.6 is 0 Å². The van der Waals surface area contributed by atoms with Crippen molar-refractivity contribution in [2.75, 3.05) is 38.2 Å². The molecule has 0 radical (unpaired) electrons. The number of nitro benzene ring substituents is 1. The molecule has 1 aliphatic heterocycles. The molecule has 26 heavy (non-hydrogen) atoms. The van der Waals surface area contributed by atoms with Crippen LogP contribution in [0.4, 0.5) is 11.4 Å². The van der Waals surface area contributed by atoms with Crippen molar-refractivity contribution in [2.45, 2.75) is 37.1 Å². The highest BCUT2D eigenvalue weighted by molar-refractivity contribution is 7.89. The average Bonchev–Trinajstić information content (AvgIpc) is 2.66. The van der Waals surface area contributed by atoms with Crippen LogP contribution in [0.2, 0.25) is 0 Å². The Labute approximate surface area is 153 Å². The van der Waals surface area contributed by atoms with Crippen LogP contribution in [0.5, 0.6) is 0 Å². The minimum absolute atomic E-state index is 0.126. The average molecular weight is 387 g/mol. The van der Waals surface area contributed by atoms with Crippen LogP contribution in [0, 0.1) is 10.1 Å². The van der Waals surface area contributed by atoms with Gasteiger partial charge in [-0.2, -0.15) is 4.31 Å². The molecule has 1 aliphatic rings. The van der Waals surface area contributed by atoms with E-state index in [4.69, 9.17) is 4.74 Å². The highest BCUT2D eigenvalue weighted by Crippen LogP contribution is 2.32. The number of hydrogen-bond acceptors (Lipinski definition) is 7. The molecule has 146 valence electrons. The van der Waals surface area contributed by atoms with Crippen LogP contribution in [0.1, 0.15) is 26.7 Å². The summed E-state index contributed by atoms with van der Waals surface area (Å²) in [5.41, 5.74) is -0.845. The van der Waals surface area contributed by atoms with Gasteiger partial charge in [-0.3, -0.25) is 10.1 Å². The van der Waals surface area contributed by atoms with E-state index in [1.165, 1.54) is 16.4 Å². The number of nitrogens with zero attached hydrogens (tertiary/aromatic N) is 2. The van der Waals surface area contributed by atoms with Gasteiger partial charge in [0, 0.05) is 19.2 Å². The Hall–Kier alpha value is -1.75. The SMILES string of the molecule is CCC(CC)(CO)Nc1ccc(S(=O)(=O)N2CCOCC2)cc1[N+](=O)[O-]. The lowest BCUT2D eigenvalue weighted by molar-refractivity contribution is -0.384. The van der Waals surface area contributed by atoms with Gasteiger partial charge in [0.1, 0.15) is 5.69 Å². The molecule has 1 aromatic rings. The van der Waals surface area contributed by atoms with Crippen LogP contribution in [-0.2, 0) is 14.8 Å². The molecule has 2 N–H and O–H groups in total. The first-order chi connectivity index (χ1) is 12.3. The number of ether oxygens (including phenoxy) is 1. The zero-order valence-corrected chi connectivity index (χ0v) is 15.8.